The zero-order valence-corrected chi connectivity index (χ0v) is 13.8. The molecule has 3 N–H and O–H groups in total. The number of hydrogen-bond acceptors (Lipinski definition) is 3. The average molecular weight is 313 g/mol. The Kier molecular flexibility index (Phi) is 7.00. The molecule has 0 fully saturated rings. The van der Waals surface area contributed by atoms with Crippen molar-refractivity contribution in [3.05, 3.63) is 65.7 Å². The van der Waals surface area contributed by atoms with Gasteiger partial charge in [-0.15, -0.1) is 0 Å². The van der Waals surface area contributed by atoms with E-state index in [2.05, 4.69) is 53.6 Å². The van der Waals surface area contributed by atoms with Gasteiger partial charge in [-0.25, -0.2) is 4.99 Å². The van der Waals surface area contributed by atoms with Crippen LogP contribution in [0.25, 0.3) is 0 Å². The van der Waals surface area contributed by atoms with Crippen molar-refractivity contribution in [3.8, 4) is 0 Å². The molecular weight excluding hydrogens is 290 g/mol. The average Bonchev–Trinajstić information content (AvgIpc) is 2.53. The first-order valence-corrected chi connectivity index (χ1v) is 8.57. The summed E-state index contributed by atoms with van der Waals surface area (Å²) >= 11 is 1.56. The summed E-state index contributed by atoms with van der Waals surface area (Å²) in [5, 5.41) is 4.09. The molecular formula is C18H23N3S. The summed E-state index contributed by atoms with van der Waals surface area (Å²) in [6.07, 6.45) is 1.04. The van der Waals surface area contributed by atoms with E-state index >= 15 is 0 Å². The van der Waals surface area contributed by atoms with E-state index in [9.17, 15) is 0 Å². The van der Waals surface area contributed by atoms with Gasteiger partial charge >= 0.3 is 0 Å². The second kappa shape index (κ2) is 9.28. The van der Waals surface area contributed by atoms with Crippen molar-refractivity contribution in [3.63, 3.8) is 0 Å². The zero-order valence-electron chi connectivity index (χ0n) is 13.0. The van der Waals surface area contributed by atoms with Gasteiger partial charge in [0.1, 0.15) is 0 Å². The van der Waals surface area contributed by atoms with Crippen LogP contribution in [0.2, 0.25) is 0 Å². The van der Waals surface area contributed by atoms with Crippen LogP contribution in [0.5, 0.6) is 0 Å². The summed E-state index contributed by atoms with van der Waals surface area (Å²) in [5.74, 6) is 0.941. The molecule has 4 heteroatoms. The minimum atomic E-state index is 0.622. The summed E-state index contributed by atoms with van der Waals surface area (Å²) in [6.45, 7) is 3.88. The van der Waals surface area contributed by atoms with E-state index in [1.54, 1.807) is 11.8 Å². The second-order valence-electron chi connectivity index (χ2n) is 4.97. The number of nitrogens with one attached hydrogen (secondary N) is 1. The maximum Gasteiger partial charge on any atom is 0.159 e. The zero-order chi connectivity index (χ0) is 15.6. The van der Waals surface area contributed by atoms with Gasteiger partial charge in [-0.3, -0.25) is 0 Å². The highest BCUT2D eigenvalue weighted by Crippen LogP contribution is 2.16. The third kappa shape index (κ3) is 5.92. The second-order valence-corrected chi connectivity index (χ2v) is 6.25. The van der Waals surface area contributed by atoms with Gasteiger partial charge in [-0.2, -0.15) is 0 Å². The molecule has 0 amide bonds. The summed E-state index contributed by atoms with van der Waals surface area (Å²) in [7, 11) is 0. The van der Waals surface area contributed by atoms with Crippen molar-refractivity contribution in [1.82, 2.24) is 5.32 Å². The Morgan fingerprint density at radius 2 is 1.86 bits per heavy atom. The predicted molar refractivity (Wildman–Crippen MR) is 97.7 cm³/mol. The first kappa shape index (κ1) is 16.6. The molecule has 3 nitrogen and oxygen atoms in total. The van der Waals surface area contributed by atoms with E-state index in [1.807, 2.05) is 18.2 Å². The van der Waals surface area contributed by atoms with Crippen molar-refractivity contribution < 1.29 is 0 Å². The molecule has 0 aromatic heterocycles. The number of hydrogen-bond donors (Lipinski definition) is 2. The molecule has 0 radical (unpaired) electrons. The lowest BCUT2D eigenvalue weighted by atomic mass is 10.1. The first-order chi connectivity index (χ1) is 10.8. The Hall–Kier alpha value is -1.78. The van der Waals surface area contributed by atoms with Crippen LogP contribution in [0.15, 0.2) is 59.6 Å². The molecule has 0 spiro atoms. The molecule has 0 aliphatic rings. The van der Waals surface area contributed by atoms with Crippen LogP contribution in [-0.2, 0) is 13.0 Å². The summed E-state index contributed by atoms with van der Waals surface area (Å²) in [6, 6.07) is 18.7. The van der Waals surface area contributed by atoms with E-state index in [0.29, 0.717) is 5.17 Å². The Bertz CT molecular complexity index is 596. The highest BCUT2D eigenvalue weighted by molar-refractivity contribution is 8.13. The number of amidine groups is 1. The number of nitrogens with zero attached hydrogens (tertiary/aromatic N) is 1. The fourth-order valence-corrected chi connectivity index (χ4v) is 2.62. The number of thioether (sulfide) groups is 1. The van der Waals surface area contributed by atoms with E-state index in [4.69, 9.17) is 5.73 Å². The van der Waals surface area contributed by atoms with Crippen molar-refractivity contribution >= 4 is 22.6 Å². The van der Waals surface area contributed by atoms with Gasteiger partial charge in [0.25, 0.3) is 0 Å². The molecule has 0 saturated heterocycles. The first-order valence-electron chi connectivity index (χ1n) is 7.58. The molecule has 0 unspecified atom stereocenters. The lowest BCUT2D eigenvalue weighted by Crippen LogP contribution is -2.16. The quantitative estimate of drug-likeness (QED) is 0.465. The van der Waals surface area contributed by atoms with Crippen molar-refractivity contribution in [2.24, 2.45) is 10.7 Å². The van der Waals surface area contributed by atoms with Gasteiger partial charge in [0.05, 0.1) is 5.69 Å². The smallest absolute Gasteiger partial charge is 0.159 e. The van der Waals surface area contributed by atoms with Crippen LogP contribution in [-0.4, -0.2) is 17.5 Å². The molecule has 2 aromatic rings. The Labute approximate surface area is 137 Å². The van der Waals surface area contributed by atoms with Crippen molar-refractivity contribution in [2.75, 3.05) is 12.3 Å². The van der Waals surface area contributed by atoms with Crippen molar-refractivity contribution in [2.45, 2.75) is 19.9 Å². The lowest BCUT2D eigenvalue weighted by Gasteiger charge is -2.06. The molecule has 0 atom stereocenters. The SMILES string of the molecule is CCSC(N)=Nc1cccc(CNCCc2ccccc2)c1. The Morgan fingerprint density at radius 3 is 2.64 bits per heavy atom. The van der Waals surface area contributed by atoms with Crippen LogP contribution in [0.1, 0.15) is 18.1 Å². The topological polar surface area (TPSA) is 50.4 Å². The molecule has 0 aliphatic heterocycles. The van der Waals surface area contributed by atoms with Crippen LogP contribution < -0.4 is 11.1 Å². The van der Waals surface area contributed by atoms with Crippen LogP contribution in [0, 0.1) is 0 Å². The Balaban J connectivity index is 1.82. The van der Waals surface area contributed by atoms with Crippen molar-refractivity contribution in [1.29, 1.82) is 0 Å². The van der Waals surface area contributed by atoms with E-state index in [-0.39, 0.29) is 0 Å². The highest BCUT2D eigenvalue weighted by atomic mass is 32.2. The number of rotatable bonds is 7. The lowest BCUT2D eigenvalue weighted by molar-refractivity contribution is 0.687. The van der Waals surface area contributed by atoms with Gasteiger partial charge in [-0.1, -0.05) is 61.2 Å². The summed E-state index contributed by atoms with van der Waals surface area (Å²) in [5.41, 5.74) is 9.35. The van der Waals surface area contributed by atoms with Crippen LogP contribution in [0.3, 0.4) is 0 Å². The standard InChI is InChI=1S/C18H23N3S/c1-2-22-18(19)21-17-10-6-9-16(13-17)14-20-12-11-15-7-4-3-5-8-15/h3-10,13,20H,2,11-12,14H2,1H3,(H2,19,21). The minimum absolute atomic E-state index is 0.622. The molecule has 116 valence electrons. The van der Waals surface area contributed by atoms with Gasteiger partial charge in [0.2, 0.25) is 0 Å². The normalized spacial score (nSPS) is 11.6. The van der Waals surface area contributed by atoms with Gasteiger partial charge in [0.15, 0.2) is 5.17 Å². The molecule has 22 heavy (non-hydrogen) atoms. The molecule has 0 saturated carbocycles. The fourth-order valence-electron chi connectivity index (χ4n) is 2.15. The number of aliphatic imine (C=N–C) groups is 1. The van der Waals surface area contributed by atoms with E-state index in [1.165, 1.54) is 11.1 Å². The summed E-state index contributed by atoms with van der Waals surface area (Å²) < 4.78 is 0. The fraction of sp³-hybridized carbons (Fsp3) is 0.278. The minimum Gasteiger partial charge on any atom is -0.378 e. The van der Waals surface area contributed by atoms with E-state index < -0.39 is 0 Å². The number of nitrogens with two attached hydrogens (primary N) is 1. The summed E-state index contributed by atoms with van der Waals surface area (Å²) in [4.78, 5) is 4.41. The monoisotopic (exact) mass is 313 g/mol. The number of benzene rings is 2. The largest absolute Gasteiger partial charge is 0.378 e. The highest BCUT2D eigenvalue weighted by Gasteiger charge is 1.97. The molecule has 0 heterocycles. The molecule has 2 aromatic carbocycles. The third-order valence-corrected chi connectivity index (χ3v) is 3.88. The van der Waals surface area contributed by atoms with Gasteiger partial charge in [0, 0.05) is 6.54 Å². The predicted octanol–water partition coefficient (Wildman–Crippen LogP) is 3.72. The maximum absolute atomic E-state index is 5.85. The molecule has 0 aliphatic carbocycles. The Morgan fingerprint density at radius 1 is 1.09 bits per heavy atom. The maximum atomic E-state index is 5.85. The third-order valence-electron chi connectivity index (χ3n) is 3.20. The molecule has 0 bridgehead atoms. The van der Waals surface area contributed by atoms with Gasteiger partial charge in [-0.05, 0) is 42.0 Å². The van der Waals surface area contributed by atoms with Gasteiger partial charge < -0.3 is 11.1 Å². The van der Waals surface area contributed by atoms with Crippen LogP contribution in [0.4, 0.5) is 5.69 Å². The molecule has 2 rings (SSSR count). The van der Waals surface area contributed by atoms with Crippen LogP contribution >= 0.6 is 11.8 Å². The van der Waals surface area contributed by atoms with E-state index in [0.717, 1.165) is 31.0 Å².